The average molecular weight is 200 g/mol. The Labute approximate surface area is 87.6 Å². The van der Waals surface area contributed by atoms with Crippen molar-refractivity contribution in [3.05, 3.63) is 0 Å². The molecule has 0 saturated carbocycles. The summed E-state index contributed by atoms with van der Waals surface area (Å²) in [7, 11) is 1.86. The first kappa shape index (κ1) is 13.4. The van der Waals surface area contributed by atoms with Crippen LogP contribution in [-0.4, -0.2) is 30.4 Å². The minimum atomic E-state index is 0.236. The maximum atomic E-state index is 11.6. The molecule has 2 N–H and O–H groups in total. The molecule has 0 aromatic rings. The molecule has 1 unspecified atom stereocenters. The highest BCUT2D eigenvalue weighted by Gasteiger charge is 2.14. The van der Waals surface area contributed by atoms with Crippen molar-refractivity contribution in [2.24, 2.45) is 11.7 Å². The molecule has 0 aromatic heterocycles. The van der Waals surface area contributed by atoms with E-state index in [4.69, 9.17) is 5.73 Å². The van der Waals surface area contributed by atoms with Gasteiger partial charge >= 0.3 is 0 Å². The molecule has 84 valence electrons. The van der Waals surface area contributed by atoms with Crippen LogP contribution < -0.4 is 5.73 Å². The van der Waals surface area contributed by atoms with Gasteiger partial charge < -0.3 is 10.6 Å². The van der Waals surface area contributed by atoms with Crippen LogP contribution in [0.15, 0.2) is 0 Å². The van der Waals surface area contributed by atoms with Crippen molar-refractivity contribution in [2.45, 2.75) is 46.1 Å². The molecule has 0 aromatic carbocycles. The second-order valence-electron chi connectivity index (χ2n) is 4.36. The lowest BCUT2D eigenvalue weighted by Crippen LogP contribution is -2.36. The van der Waals surface area contributed by atoms with E-state index in [1.165, 1.54) is 0 Å². The molecule has 0 heterocycles. The van der Waals surface area contributed by atoms with E-state index >= 15 is 0 Å². The summed E-state index contributed by atoms with van der Waals surface area (Å²) in [4.78, 5) is 13.5. The number of nitrogens with zero attached hydrogens (tertiary/aromatic N) is 1. The Morgan fingerprint density at radius 3 is 2.29 bits per heavy atom. The van der Waals surface area contributed by atoms with E-state index in [9.17, 15) is 4.79 Å². The van der Waals surface area contributed by atoms with E-state index in [0.717, 1.165) is 12.8 Å². The highest BCUT2D eigenvalue weighted by atomic mass is 16.2. The molecule has 14 heavy (non-hydrogen) atoms. The van der Waals surface area contributed by atoms with E-state index in [-0.39, 0.29) is 11.9 Å². The Morgan fingerprint density at radius 1 is 1.29 bits per heavy atom. The van der Waals surface area contributed by atoms with Crippen LogP contribution in [0, 0.1) is 5.92 Å². The third-order valence-corrected chi connectivity index (χ3v) is 2.57. The van der Waals surface area contributed by atoms with E-state index in [1.807, 2.05) is 18.9 Å². The monoisotopic (exact) mass is 200 g/mol. The summed E-state index contributed by atoms with van der Waals surface area (Å²) in [5, 5.41) is 0. The molecule has 0 rings (SSSR count). The molecule has 1 amide bonds. The van der Waals surface area contributed by atoms with Gasteiger partial charge in [0.15, 0.2) is 0 Å². The molecule has 0 radical (unpaired) electrons. The third-order valence-electron chi connectivity index (χ3n) is 2.57. The molecule has 0 fully saturated rings. The fourth-order valence-electron chi connectivity index (χ4n) is 1.27. The summed E-state index contributed by atoms with van der Waals surface area (Å²) in [6, 6.07) is 0.264. The van der Waals surface area contributed by atoms with Gasteiger partial charge in [-0.05, 0) is 32.2 Å². The average Bonchev–Trinajstić information content (AvgIpc) is 2.13. The highest BCUT2D eigenvalue weighted by Crippen LogP contribution is 2.08. The van der Waals surface area contributed by atoms with Crippen LogP contribution in [0.4, 0.5) is 0 Å². The van der Waals surface area contributed by atoms with Gasteiger partial charge in [0.1, 0.15) is 0 Å². The van der Waals surface area contributed by atoms with E-state index in [0.29, 0.717) is 18.9 Å². The molecule has 0 saturated heterocycles. The first-order valence-corrected chi connectivity index (χ1v) is 5.44. The van der Waals surface area contributed by atoms with Crippen LogP contribution in [0.25, 0.3) is 0 Å². The number of nitrogens with two attached hydrogens (primary N) is 1. The Kier molecular flexibility index (Phi) is 6.54. The van der Waals surface area contributed by atoms with Crippen molar-refractivity contribution < 1.29 is 4.79 Å². The van der Waals surface area contributed by atoms with Crippen molar-refractivity contribution in [2.75, 3.05) is 13.6 Å². The second kappa shape index (κ2) is 6.82. The van der Waals surface area contributed by atoms with Gasteiger partial charge in [0.2, 0.25) is 5.91 Å². The molecular formula is C11H24N2O. The zero-order valence-electron chi connectivity index (χ0n) is 9.92. The zero-order valence-corrected chi connectivity index (χ0v) is 9.92. The van der Waals surface area contributed by atoms with Crippen molar-refractivity contribution >= 4 is 5.91 Å². The summed E-state index contributed by atoms with van der Waals surface area (Å²) < 4.78 is 0. The Hall–Kier alpha value is -0.570. The number of amides is 1. The van der Waals surface area contributed by atoms with Gasteiger partial charge in [-0.15, -0.1) is 0 Å². The first-order chi connectivity index (χ1) is 6.49. The lowest BCUT2D eigenvalue weighted by Gasteiger charge is -2.24. The summed E-state index contributed by atoms with van der Waals surface area (Å²) in [6.45, 7) is 6.95. The van der Waals surface area contributed by atoms with Gasteiger partial charge in [-0.3, -0.25) is 4.79 Å². The maximum absolute atomic E-state index is 11.6. The minimum Gasteiger partial charge on any atom is -0.343 e. The van der Waals surface area contributed by atoms with Gasteiger partial charge in [-0.2, -0.15) is 0 Å². The van der Waals surface area contributed by atoms with Crippen molar-refractivity contribution in [1.82, 2.24) is 4.90 Å². The van der Waals surface area contributed by atoms with Crippen LogP contribution in [0.2, 0.25) is 0 Å². The number of hydrogen-bond donors (Lipinski definition) is 1. The highest BCUT2D eigenvalue weighted by molar-refractivity contribution is 5.76. The quantitative estimate of drug-likeness (QED) is 0.708. The fourth-order valence-corrected chi connectivity index (χ4v) is 1.27. The third kappa shape index (κ3) is 5.22. The summed E-state index contributed by atoms with van der Waals surface area (Å²) in [6.07, 6.45) is 2.51. The minimum absolute atomic E-state index is 0.236. The van der Waals surface area contributed by atoms with E-state index in [1.54, 1.807) is 0 Å². The topological polar surface area (TPSA) is 46.3 Å². The Morgan fingerprint density at radius 2 is 1.86 bits per heavy atom. The molecule has 3 heteroatoms. The fraction of sp³-hybridized carbons (Fsp3) is 0.909. The van der Waals surface area contributed by atoms with Crippen LogP contribution in [0.5, 0.6) is 0 Å². The normalized spacial score (nSPS) is 13.0. The number of carbonyl (C=O) groups excluding carboxylic acids is 1. The number of carbonyl (C=O) groups is 1. The number of rotatable bonds is 6. The maximum Gasteiger partial charge on any atom is 0.222 e. The Bertz CT molecular complexity index is 169. The van der Waals surface area contributed by atoms with Gasteiger partial charge in [-0.1, -0.05) is 13.8 Å². The molecule has 0 spiro atoms. The zero-order chi connectivity index (χ0) is 11.1. The standard InChI is InChI=1S/C11H24N2O/c1-9(2)5-6-11(14)13(4)10(3)7-8-12/h9-10H,5-8,12H2,1-4H3. The SMILES string of the molecule is CC(C)CCC(=O)N(C)C(C)CCN. The lowest BCUT2D eigenvalue weighted by molar-refractivity contribution is -0.132. The van der Waals surface area contributed by atoms with E-state index < -0.39 is 0 Å². The molecule has 1 atom stereocenters. The number of hydrogen-bond acceptors (Lipinski definition) is 2. The van der Waals surface area contributed by atoms with Crippen molar-refractivity contribution in [3.63, 3.8) is 0 Å². The van der Waals surface area contributed by atoms with Gasteiger partial charge in [0.25, 0.3) is 0 Å². The van der Waals surface area contributed by atoms with Crippen LogP contribution in [-0.2, 0) is 4.79 Å². The van der Waals surface area contributed by atoms with E-state index in [2.05, 4.69) is 13.8 Å². The van der Waals surface area contributed by atoms with Crippen molar-refractivity contribution in [3.8, 4) is 0 Å². The van der Waals surface area contributed by atoms with Gasteiger partial charge in [0.05, 0.1) is 0 Å². The van der Waals surface area contributed by atoms with Crippen LogP contribution in [0.3, 0.4) is 0 Å². The molecule has 0 aliphatic rings. The van der Waals surface area contributed by atoms with Gasteiger partial charge in [-0.25, -0.2) is 0 Å². The van der Waals surface area contributed by atoms with Gasteiger partial charge in [0, 0.05) is 19.5 Å². The summed E-state index contributed by atoms with van der Waals surface area (Å²) in [5.74, 6) is 0.830. The lowest BCUT2D eigenvalue weighted by atomic mass is 10.1. The molecule has 0 aliphatic carbocycles. The second-order valence-corrected chi connectivity index (χ2v) is 4.36. The molecule has 0 bridgehead atoms. The Balaban J connectivity index is 3.86. The van der Waals surface area contributed by atoms with Crippen LogP contribution in [0.1, 0.15) is 40.0 Å². The summed E-state index contributed by atoms with van der Waals surface area (Å²) >= 11 is 0. The smallest absolute Gasteiger partial charge is 0.222 e. The molecule has 0 aliphatic heterocycles. The molecular weight excluding hydrogens is 176 g/mol. The van der Waals surface area contributed by atoms with Crippen molar-refractivity contribution in [1.29, 1.82) is 0 Å². The first-order valence-electron chi connectivity index (χ1n) is 5.44. The predicted molar refractivity (Wildman–Crippen MR) is 60.0 cm³/mol. The predicted octanol–water partition coefficient (Wildman–Crippen LogP) is 1.62. The largest absolute Gasteiger partial charge is 0.343 e. The molecule has 3 nitrogen and oxygen atoms in total. The summed E-state index contributed by atoms with van der Waals surface area (Å²) in [5.41, 5.74) is 5.45. The van der Waals surface area contributed by atoms with Crippen LogP contribution >= 0.6 is 0 Å².